The van der Waals surface area contributed by atoms with Crippen LogP contribution in [0.4, 0.5) is 0 Å². The summed E-state index contributed by atoms with van der Waals surface area (Å²) in [6.45, 7) is 2.48. The Bertz CT molecular complexity index is 1060. The molecule has 0 N–H and O–H groups in total. The van der Waals surface area contributed by atoms with Crippen LogP contribution in [0.2, 0.25) is 0 Å². The van der Waals surface area contributed by atoms with Gasteiger partial charge in [0.15, 0.2) is 0 Å². The Morgan fingerprint density at radius 2 is 1.13 bits per heavy atom. The molecule has 0 unspecified atom stereocenters. The molecule has 2 aromatic carbocycles. The molecule has 0 saturated carbocycles. The normalized spacial score (nSPS) is 24.8. The lowest BCUT2D eigenvalue weighted by atomic mass is 9.92. The van der Waals surface area contributed by atoms with Gasteiger partial charge in [0.25, 0.3) is 0 Å². The summed E-state index contributed by atoms with van der Waals surface area (Å²) in [5.74, 6) is 1.10. The fraction of sp³-hybridized carbons (Fsp3) is 0.400. The highest BCUT2D eigenvalue weighted by molar-refractivity contribution is 7.90. The van der Waals surface area contributed by atoms with Crippen molar-refractivity contribution in [1.29, 1.82) is 0 Å². The molecule has 2 heterocycles. The molecule has 2 aliphatic rings. The minimum Gasteiger partial charge on any atom is -0.497 e. The number of hydrogen-bond donors (Lipinski definition) is 0. The Labute approximate surface area is 177 Å². The summed E-state index contributed by atoms with van der Waals surface area (Å²) < 4.78 is 66.0. The van der Waals surface area contributed by atoms with Crippen molar-refractivity contribution in [3.8, 4) is 11.5 Å². The van der Waals surface area contributed by atoms with Crippen LogP contribution >= 0.6 is 0 Å². The summed E-state index contributed by atoms with van der Waals surface area (Å²) in [7, 11) is -4.72. The number of benzene rings is 2. The molecule has 30 heavy (non-hydrogen) atoms. The van der Waals surface area contributed by atoms with Gasteiger partial charge in [-0.05, 0) is 60.4 Å². The molecule has 0 aromatic heterocycles. The Kier molecular flexibility index (Phi) is 5.08. The number of fused-ring (bicyclic) bond motifs is 2. The second-order valence-electron chi connectivity index (χ2n) is 7.95. The highest BCUT2D eigenvalue weighted by Gasteiger charge is 2.58. The summed E-state index contributed by atoms with van der Waals surface area (Å²) >= 11 is 0. The number of ether oxygens (including phenoxy) is 2. The number of hydrogen-bond acceptors (Lipinski definition) is 6. The van der Waals surface area contributed by atoms with Crippen LogP contribution in [0.5, 0.6) is 11.5 Å². The quantitative estimate of drug-likeness (QED) is 0.667. The molecular formula is C20H24N2O6S2. The topological polar surface area (TPSA) is 93.2 Å². The van der Waals surface area contributed by atoms with Crippen LogP contribution in [0, 0.1) is 5.41 Å². The monoisotopic (exact) mass is 452 g/mol. The molecular weight excluding hydrogens is 428 g/mol. The van der Waals surface area contributed by atoms with Gasteiger partial charge in [0.2, 0.25) is 20.0 Å². The maximum Gasteiger partial charge on any atom is 0.244 e. The van der Waals surface area contributed by atoms with E-state index in [2.05, 4.69) is 0 Å². The van der Waals surface area contributed by atoms with Crippen LogP contribution in [0.3, 0.4) is 0 Å². The van der Waals surface area contributed by atoms with Gasteiger partial charge in [-0.25, -0.2) is 16.8 Å². The van der Waals surface area contributed by atoms with Crippen molar-refractivity contribution in [1.82, 2.24) is 8.61 Å². The van der Waals surface area contributed by atoms with Crippen LogP contribution in [0.25, 0.3) is 0 Å². The van der Waals surface area contributed by atoms with Gasteiger partial charge in [-0.15, -0.1) is 0 Å². The van der Waals surface area contributed by atoms with E-state index in [0.717, 1.165) is 0 Å². The van der Waals surface area contributed by atoms with Gasteiger partial charge < -0.3 is 9.47 Å². The van der Waals surface area contributed by atoms with Crippen molar-refractivity contribution in [2.45, 2.75) is 29.3 Å². The van der Waals surface area contributed by atoms with E-state index in [1.807, 2.05) is 6.92 Å². The zero-order chi connectivity index (χ0) is 21.7. The predicted octanol–water partition coefficient (Wildman–Crippen LogP) is 2.14. The van der Waals surface area contributed by atoms with E-state index >= 15 is 0 Å². The molecule has 0 spiro atoms. The minimum absolute atomic E-state index is 0.112. The first kappa shape index (κ1) is 21.1. The molecule has 0 atom stereocenters. The maximum atomic E-state index is 13.3. The molecule has 2 bridgehead atoms. The molecule has 2 saturated heterocycles. The Morgan fingerprint density at radius 1 is 0.767 bits per heavy atom. The standard InChI is InChI=1S/C20H24N2O6S2/c1-20-12-19(21(13-20)29(23,24)17-8-4-15(27-2)5-9-17)22(14-20)30(25,26)18-10-6-16(28-3)7-11-18/h4-11,19H,12-14H2,1-3H3. The van der Waals surface area contributed by atoms with Gasteiger partial charge in [-0.2, -0.15) is 8.61 Å². The van der Waals surface area contributed by atoms with Crippen molar-refractivity contribution >= 4 is 20.0 Å². The van der Waals surface area contributed by atoms with Crippen molar-refractivity contribution in [2.75, 3.05) is 27.3 Å². The lowest BCUT2D eigenvalue weighted by Gasteiger charge is -2.37. The number of rotatable bonds is 6. The molecule has 4 rings (SSSR count). The first-order valence-corrected chi connectivity index (χ1v) is 12.3. The van der Waals surface area contributed by atoms with Crippen molar-refractivity contribution < 1.29 is 26.3 Å². The van der Waals surface area contributed by atoms with Crippen molar-refractivity contribution in [2.24, 2.45) is 5.41 Å². The Morgan fingerprint density at radius 3 is 1.43 bits per heavy atom. The van der Waals surface area contributed by atoms with Gasteiger partial charge in [0.1, 0.15) is 11.5 Å². The van der Waals surface area contributed by atoms with E-state index < -0.39 is 31.6 Å². The third-order valence-corrected chi connectivity index (χ3v) is 9.46. The highest BCUT2D eigenvalue weighted by Crippen LogP contribution is 2.48. The van der Waals surface area contributed by atoms with Gasteiger partial charge in [0.05, 0.1) is 30.2 Å². The maximum absolute atomic E-state index is 13.3. The molecule has 10 heteroatoms. The fourth-order valence-corrected chi connectivity index (χ4v) is 7.73. The second kappa shape index (κ2) is 7.23. The van der Waals surface area contributed by atoms with Gasteiger partial charge >= 0.3 is 0 Å². The van der Waals surface area contributed by atoms with Crippen LogP contribution < -0.4 is 9.47 Å². The lowest BCUT2D eigenvalue weighted by molar-refractivity contribution is 0.180. The number of nitrogens with zero attached hydrogens (tertiary/aromatic N) is 2. The molecule has 0 radical (unpaired) electrons. The smallest absolute Gasteiger partial charge is 0.244 e. The van der Waals surface area contributed by atoms with Crippen molar-refractivity contribution in [3.05, 3.63) is 48.5 Å². The molecule has 2 fully saturated rings. The molecule has 2 aliphatic heterocycles. The van der Waals surface area contributed by atoms with Gasteiger partial charge in [-0.3, -0.25) is 0 Å². The lowest BCUT2D eigenvalue weighted by Crippen LogP contribution is -2.53. The van der Waals surface area contributed by atoms with Crippen LogP contribution in [0.1, 0.15) is 13.3 Å². The Hall–Kier alpha value is -2.14. The summed E-state index contributed by atoms with van der Waals surface area (Å²) in [4.78, 5) is 0.225. The molecule has 0 amide bonds. The zero-order valence-electron chi connectivity index (χ0n) is 17.0. The molecule has 2 aromatic rings. The minimum atomic E-state index is -3.87. The van der Waals surface area contributed by atoms with E-state index in [-0.39, 0.29) is 22.9 Å². The van der Waals surface area contributed by atoms with Crippen molar-refractivity contribution in [3.63, 3.8) is 0 Å². The largest absolute Gasteiger partial charge is 0.497 e. The van der Waals surface area contributed by atoms with E-state index in [1.54, 1.807) is 24.3 Å². The van der Waals surface area contributed by atoms with Crippen LogP contribution in [0.15, 0.2) is 58.3 Å². The average Bonchev–Trinajstić information content (AvgIpc) is 3.28. The summed E-state index contributed by atoms with van der Waals surface area (Å²) in [6.07, 6.45) is -0.299. The van der Waals surface area contributed by atoms with Gasteiger partial charge in [0, 0.05) is 13.1 Å². The third kappa shape index (κ3) is 3.37. The summed E-state index contributed by atoms with van der Waals surface area (Å²) in [6, 6.07) is 12.2. The molecule has 8 nitrogen and oxygen atoms in total. The fourth-order valence-electron chi connectivity index (χ4n) is 4.19. The van der Waals surface area contributed by atoms with E-state index in [4.69, 9.17) is 9.47 Å². The summed E-state index contributed by atoms with van der Waals surface area (Å²) in [5, 5.41) is 0. The highest BCUT2D eigenvalue weighted by atomic mass is 32.2. The van der Waals surface area contributed by atoms with E-state index in [9.17, 15) is 16.8 Å². The van der Waals surface area contributed by atoms with Crippen LogP contribution in [-0.2, 0) is 20.0 Å². The second-order valence-corrected chi connectivity index (χ2v) is 11.7. The zero-order valence-corrected chi connectivity index (χ0v) is 18.6. The van der Waals surface area contributed by atoms with Gasteiger partial charge in [-0.1, -0.05) is 6.92 Å². The SMILES string of the molecule is COc1ccc(S(=O)(=O)N2CC3(C)CC2N(S(=O)(=O)c2ccc(OC)cc2)C3)cc1. The predicted molar refractivity (Wildman–Crippen MR) is 110 cm³/mol. The Balaban J connectivity index is 1.68. The number of methoxy groups -OCH3 is 2. The molecule has 162 valence electrons. The average molecular weight is 453 g/mol. The van der Waals surface area contributed by atoms with E-state index in [1.165, 1.54) is 47.1 Å². The molecule has 0 aliphatic carbocycles. The first-order valence-electron chi connectivity index (χ1n) is 9.43. The number of sulfonamides is 2. The first-order chi connectivity index (χ1) is 14.1. The van der Waals surface area contributed by atoms with Crippen LogP contribution in [-0.4, -0.2) is 58.9 Å². The van der Waals surface area contributed by atoms with E-state index in [0.29, 0.717) is 17.9 Å². The third-order valence-electron chi connectivity index (χ3n) is 5.75. The summed E-state index contributed by atoms with van der Waals surface area (Å²) in [5.41, 5.74) is -0.441.